The van der Waals surface area contributed by atoms with Crippen molar-refractivity contribution in [2.45, 2.75) is 26.5 Å². The first-order valence-corrected chi connectivity index (χ1v) is 23.6. The van der Waals surface area contributed by atoms with Crippen molar-refractivity contribution in [2.75, 3.05) is 0 Å². The normalized spacial score (nSPS) is 12.6. The fourth-order valence-electron chi connectivity index (χ4n) is 7.71. The molecule has 4 heterocycles. The topological polar surface area (TPSA) is 43.9 Å². The first kappa shape index (κ1) is 35.0. The Morgan fingerprint density at radius 3 is 2.27 bits per heavy atom. The standard InChI is InChI=1S/C38H23N2OS.C14H16NSi.Ir/c1-23-17-19-24(20-18-23)25-21-22-29(37-35(25)28-10-3-7-16-34(28)42-37)38-39-30-12-4-5-13-31(30)40(38)32-14-8-11-27-26-9-2-6-15-33(26)41-36(27)32;1-16(2,3)13-9-10-14(15-11-13)12-7-5-4-6-8-12;/h2-21H,1H3;4-7,9-11H,1-3H3;/q2*-1;/i1D3;;. The van der Waals surface area contributed by atoms with Crippen LogP contribution >= 0.6 is 11.3 Å². The summed E-state index contributed by atoms with van der Waals surface area (Å²) in [5.74, 6) is 0.782. The second-order valence-corrected chi connectivity index (χ2v) is 21.6. The fraction of sp³-hybridized carbons (Fsp3) is 0.0769. The average molecular weight is 977 g/mol. The van der Waals surface area contributed by atoms with E-state index in [2.05, 4.69) is 108 Å². The van der Waals surface area contributed by atoms with Gasteiger partial charge >= 0.3 is 0 Å². The van der Waals surface area contributed by atoms with E-state index >= 15 is 0 Å². The van der Waals surface area contributed by atoms with Crippen molar-refractivity contribution in [3.8, 4) is 39.5 Å². The summed E-state index contributed by atoms with van der Waals surface area (Å²) < 4.78 is 34.4. The molecule has 0 bridgehead atoms. The van der Waals surface area contributed by atoms with Crippen LogP contribution < -0.4 is 5.19 Å². The summed E-state index contributed by atoms with van der Waals surface area (Å²) in [6, 6.07) is 59.3. The Bertz CT molecular complexity index is 3390. The van der Waals surface area contributed by atoms with Crippen LogP contribution in [-0.4, -0.2) is 22.6 Å². The number of aryl methyl sites for hydroxylation is 1. The zero-order valence-corrected chi connectivity index (χ0v) is 36.8. The number of pyridine rings is 1. The molecule has 1 radical (unpaired) electrons. The Balaban J connectivity index is 0.000000244. The maximum atomic E-state index is 7.82. The van der Waals surface area contributed by atoms with Gasteiger partial charge in [-0.05, 0) is 58.2 Å². The van der Waals surface area contributed by atoms with E-state index in [4.69, 9.17) is 13.5 Å². The predicted molar refractivity (Wildman–Crippen MR) is 247 cm³/mol. The first-order valence-electron chi connectivity index (χ1n) is 20.8. The number of hydrogen-bond acceptors (Lipinski definition) is 4. The van der Waals surface area contributed by atoms with Gasteiger partial charge in [-0.15, -0.1) is 48.0 Å². The molecule has 0 saturated carbocycles. The Morgan fingerprint density at radius 2 is 1.49 bits per heavy atom. The average Bonchev–Trinajstić information content (AvgIpc) is 3.98. The van der Waals surface area contributed by atoms with Crippen LogP contribution in [0.4, 0.5) is 0 Å². The number of nitrogens with zero attached hydrogens (tertiary/aromatic N) is 3. The second kappa shape index (κ2) is 15.7. The Kier molecular flexibility index (Phi) is 9.30. The molecular formula is C52H39IrN3OSSi-2. The van der Waals surface area contributed by atoms with E-state index < -0.39 is 14.9 Å². The molecule has 7 aromatic carbocycles. The van der Waals surface area contributed by atoms with Crippen LogP contribution in [0, 0.1) is 19.0 Å². The molecule has 0 amide bonds. The van der Waals surface area contributed by atoms with Gasteiger partial charge in [0.15, 0.2) is 5.58 Å². The minimum Gasteiger partial charge on any atom is -0.454 e. The van der Waals surface area contributed by atoms with Gasteiger partial charge < -0.3 is 14.0 Å². The van der Waals surface area contributed by atoms with Gasteiger partial charge in [0.1, 0.15) is 5.58 Å². The third-order valence-corrected chi connectivity index (χ3v) is 13.9. The summed E-state index contributed by atoms with van der Waals surface area (Å²) in [4.78, 5) is 9.73. The number of hydrogen-bond donors (Lipinski definition) is 0. The van der Waals surface area contributed by atoms with Gasteiger partial charge in [-0.3, -0.25) is 4.98 Å². The second-order valence-electron chi connectivity index (χ2n) is 15.4. The number of benzene rings is 7. The molecule has 0 aliphatic heterocycles. The molecule has 0 saturated heterocycles. The number of fused-ring (bicyclic) bond motifs is 7. The maximum Gasteiger partial charge on any atom is 0.158 e. The molecular weight excluding hydrogens is 935 g/mol. The molecule has 7 heteroatoms. The third kappa shape index (κ3) is 7.04. The molecule has 0 fully saturated rings. The zero-order chi connectivity index (χ0) is 41.9. The number of para-hydroxylation sites is 4. The summed E-state index contributed by atoms with van der Waals surface area (Å²) in [7, 11) is -1.23. The Morgan fingerprint density at radius 1 is 0.729 bits per heavy atom. The molecule has 11 aromatic rings. The molecule has 4 nitrogen and oxygen atoms in total. The molecule has 0 aliphatic rings. The van der Waals surface area contributed by atoms with E-state index in [9.17, 15) is 0 Å². The quantitative estimate of drug-likeness (QED) is 0.127. The van der Waals surface area contributed by atoms with Crippen LogP contribution in [0.2, 0.25) is 19.6 Å². The van der Waals surface area contributed by atoms with Gasteiger partial charge in [0.05, 0.1) is 30.6 Å². The van der Waals surface area contributed by atoms with Gasteiger partial charge in [0.2, 0.25) is 0 Å². The number of thiophene rings is 1. The summed E-state index contributed by atoms with van der Waals surface area (Å²) in [5.41, 5.74) is 9.67. The van der Waals surface area contributed by atoms with Crippen molar-refractivity contribution in [3.05, 3.63) is 182 Å². The van der Waals surface area contributed by atoms with Crippen LogP contribution in [0.5, 0.6) is 0 Å². The van der Waals surface area contributed by atoms with Gasteiger partial charge in [0.25, 0.3) is 0 Å². The molecule has 0 spiro atoms. The van der Waals surface area contributed by atoms with Crippen LogP contribution in [0.15, 0.2) is 168 Å². The Hall–Kier alpha value is -5.95. The molecule has 11 rings (SSSR count). The molecule has 289 valence electrons. The summed E-state index contributed by atoms with van der Waals surface area (Å²) >= 11 is 1.72. The number of aromatic nitrogens is 3. The Labute approximate surface area is 366 Å². The van der Waals surface area contributed by atoms with Gasteiger partial charge in [-0.25, -0.2) is 0 Å². The van der Waals surface area contributed by atoms with Gasteiger partial charge in [-0.1, -0.05) is 144 Å². The molecule has 0 atom stereocenters. The van der Waals surface area contributed by atoms with Crippen LogP contribution in [0.3, 0.4) is 0 Å². The molecule has 4 aromatic heterocycles. The molecule has 0 N–H and O–H groups in total. The van der Waals surface area contributed by atoms with Gasteiger partial charge in [0, 0.05) is 45.9 Å². The smallest absolute Gasteiger partial charge is 0.158 e. The van der Waals surface area contributed by atoms with Crippen molar-refractivity contribution in [1.82, 2.24) is 14.5 Å². The maximum absolute atomic E-state index is 7.82. The first-order chi connectivity index (χ1) is 29.5. The predicted octanol–water partition coefficient (Wildman–Crippen LogP) is 13.8. The summed E-state index contributed by atoms with van der Waals surface area (Å²) in [6.07, 6.45) is 2.02. The molecule has 0 unspecified atom stereocenters. The zero-order valence-electron chi connectivity index (χ0n) is 35.6. The third-order valence-electron chi connectivity index (χ3n) is 10.7. The minimum atomic E-state index is -2.15. The van der Waals surface area contributed by atoms with Crippen molar-refractivity contribution >= 4 is 77.7 Å². The summed E-state index contributed by atoms with van der Waals surface area (Å²) in [6.45, 7) is 4.84. The summed E-state index contributed by atoms with van der Waals surface area (Å²) in [5, 5.41) is 5.77. The van der Waals surface area contributed by atoms with E-state index in [1.807, 2.05) is 85.1 Å². The largest absolute Gasteiger partial charge is 0.454 e. The van der Waals surface area contributed by atoms with Crippen molar-refractivity contribution in [2.24, 2.45) is 0 Å². The van der Waals surface area contributed by atoms with E-state index in [0.29, 0.717) is 5.56 Å². The molecule has 0 aliphatic carbocycles. The van der Waals surface area contributed by atoms with E-state index in [-0.39, 0.29) is 20.1 Å². The van der Waals surface area contributed by atoms with Crippen molar-refractivity contribution in [1.29, 1.82) is 0 Å². The minimum absolute atomic E-state index is 0. The van der Waals surface area contributed by atoms with Crippen molar-refractivity contribution < 1.29 is 28.6 Å². The van der Waals surface area contributed by atoms with Crippen LogP contribution in [0.25, 0.3) is 92.6 Å². The number of furan rings is 1. The van der Waals surface area contributed by atoms with E-state index in [1.54, 1.807) is 23.5 Å². The van der Waals surface area contributed by atoms with E-state index in [1.165, 1.54) is 5.19 Å². The van der Waals surface area contributed by atoms with Crippen LogP contribution in [0.1, 0.15) is 9.68 Å². The molecule has 59 heavy (non-hydrogen) atoms. The van der Waals surface area contributed by atoms with Gasteiger partial charge in [-0.2, -0.15) is 11.3 Å². The number of rotatable bonds is 5. The SMILES string of the molecule is C[Si](C)(C)c1ccc(-c2[c-]cccc2)nc1.[2H]C([2H])([2H])c1ccc(-c2c[c-]c(-c3nc4ccccc4n3-c3cccc4c3oc3ccccc34)c3sc4ccccc4c23)cc1.[Ir]. The van der Waals surface area contributed by atoms with Crippen molar-refractivity contribution in [3.63, 3.8) is 0 Å². The van der Waals surface area contributed by atoms with Crippen LogP contribution in [-0.2, 0) is 20.1 Å². The number of imidazole rings is 1. The monoisotopic (exact) mass is 977 g/mol. The van der Waals surface area contributed by atoms with E-state index in [0.717, 1.165) is 92.6 Å². The fourth-order valence-corrected chi connectivity index (χ4v) is 9.97.